The van der Waals surface area contributed by atoms with Crippen LogP contribution in [-0.4, -0.2) is 14.8 Å². The van der Waals surface area contributed by atoms with Gasteiger partial charge in [-0.2, -0.15) is 5.10 Å². The SMILES string of the molecule is Cc1ccc(C(N)c2ccnn2-c2ccccc2)cn1. The lowest BCUT2D eigenvalue weighted by Gasteiger charge is -2.14. The standard InChI is InChI=1S/C16H16N4/c1-12-7-8-13(11-18-12)16(17)15-9-10-19-20(15)14-5-3-2-4-6-14/h2-11,16H,17H2,1H3. The molecule has 0 radical (unpaired) electrons. The number of aryl methyl sites for hydroxylation is 1. The summed E-state index contributed by atoms with van der Waals surface area (Å²) in [5.41, 5.74) is 10.3. The number of nitrogens with zero attached hydrogens (tertiary/aromatic N) is 3. The van der Waals surface area contributed by atoms with Gasteiger partial charge in [0.15, 0.2) is 0 Å². The van der Waals surface area contributed by atoms with Gasteiger partial charge in [0.25, 0.3) is 0 Å². The lowest BCUT2D eigenvalue weighted by molar-refractivity contribution is 0.736. The molecular weight excluding hydrogens is 248 g/mol. The van der Waals surface area contributed by atoms with Crippen molar-refractivity contribution in [2.75, 3.05) is 0 Å². The highest BCUT2D eigenvalue weighted by Gasteiger charge is 2.15. The van der Waals surface area contributed by atoms with E-state index in [-0.39, 0.29) is 6.04 Å². The van der Waals surface area contributed by atoms with E-state index in [1.165, 1.54) is 0 Å². The van der Waals surface area contributed by atoms with Crippen molar-refractivity contribution < 1.29 is 0 Å². The van der Waals surface area contributed by atoms with Crippen LogP contribution in [0.25, 0.3) is 5.69 Å². The third-order valence-electron chi connectivity index (χ3n) is 3.28. The second-order valence-corrected chi connectivity index (χ2v) is 4.71. The van der Waals surface area contributed by atoms with E-state index in [1.807, 2.05) is 66.3 Å². The quantitative estimate of drug-likeness (QED) is 0.791. The van der Waals surface area contributed by atoms with E-state index in [1.54, 1.807) is 6.20 Å². The van der Waals surface area contributed by atoms with Crippen molar-refractivity contribution in [3.63, 3.8) is 0 Å². The van der Waals surface area contributed by atoms with Crippen LogP contribution >= 0.6 is 0 Å². The van der Waals surface area contributed by atoms with Crippen LogP contribution < -0.4 is 5.73 Å². The lowest BCUT2D eigenvalue weighted by Crippen LogP contribution is -2.17. The first-order valence-corrected chi connectivity index (χ1v) is 6.53. The summed E-state index contributed by atoms with van der Waals surface area (Å²) in [7, 11) is 0. The van der Waals surface area contributed by atoms with Crippen molar-refractivity contribution in [1.29, 1.82) is 0 Å². The number of para-hydroxylation sites is 1. The molecule has 2 heterocycles. The van der Waals surface area contributed by atoms with Crippen molar-refractivity contribution in [3.05, 3.63) is 77.9 Å². The van der Waals surface area contributed by atoms with E-state index in [4.69, 9.17) is 5.73 Å². The number of rotatable bonds is 3. The number of benzene rings is 1. The van der Waals surface area contributed by atoms with E-state index in [0.29, 0.717) is 0 Å². The Bertz CT molecular complexity index is 686. The first-order chi connectivity index (χ1) is 9.75. The highest BCUT2D eigenvalue weighted by molar-refractivity contribution is 5.35. The smallest absolute Gasteiger partial charge is 0.0742 e. The molecule has 2 aromatic heterocycles. The normalized spacial score (nSPS) is 12.3. The average Bonchev–Trinajstić information content (AvgIpc) is 2.97. The third kappa shape index (κ3) is 2.33. The van der Waals surface area contributed by atoms with Crippen LogP contribution in [0.4, 0.5) is 0 Å². The zero-order valence-electron chi connectivity index (χ0n) is 11.3. The minimum absolute atomic E-state index is 0.245. The van der Waals surface area contributed by atoms with Gasteiger partial charge in [-0.15, -0.1) is 0 Å². The summed E-state index contributed by atoms with van der Waals surface area (Å²) in [6.07, 6.45) is 3.59. The minimum Gasteiger partial charge on any atom is -0.319 e. The van der Waals surface area contributed by atoms with Crippen LogP contribution in [0.15, 0.2) is 60.9 Å². The van der Waals surface area contributed by atoms with Gasteiger partial charge in [0.05, 0.1) is 17.4 Å². The number of hydrogen-bond donors (Lipinski definition) is 1. The van der Waals surface area contributed by atoms with Crippen molar-refractivity contribution >= 4 is 0 Å². The summed E-state index contributed by atoms with van der Waals surface area (Å²) >= 11 is 0. The highest BCUT2D eigenvalue weighted by Crippen LogP contribution is 2.21. The van der Waals surface area contributed by atoms with Gasteiger partial charge < -0.3 is 5.73 Å². The molecule has 0 saturated carbocycles. The van der Waals surface area contributed by atoms with Gasteiger partial charge in [-0.25, -0.2) is 4.68 Å². The van der Waals surface area contributed by atoms with Gasteiger partial charge in [0.1, 0.15) is 0 Å². The van der Waals surface area contributed by atoms with Crippen molar-refractivity contribution in [1.82, 2.24) is 14.8 Å². The van der Waals surface area contributed by atoms with E-state index in [0.717, 1.165) is 22.6 Å². The maximum atomic E-state index is 6.35. The predicted octanol–water partition coefficient (Wildman–Crippen LogP) is 2.62. The maximum absolute atomic E-state index is 6.35. The zero-order valence-corrected chi connectivity index (χ0v) is 11.3. The van der Waals surface area contributed by atoms with Gasteiger partial charge in [0, 0.05) is 18.1 Å². The zero-order chi connectivity index (χ0) is 13.9. The van der Waals surface area contributed by atoms with Crippen LogP contribution in [0.2, 0.25) is 0 Å². The first kappa shape index (κ1) is 12.6. The summed E-state index contributed by atoms with van der Waals surface area (Å²) in [6.45, 7) is 1.96. The van der Waals surface area contributed by atoms with Crippen LogP contribution in [0.3, 0.4) is 0 Å². The number of aromatic nitrogens is 3. The molecule has 0 amide bonds. The van der Waals surface area contributed by atoms with Gasteiger partial charge in [-0.05, 0) is 36.8 Å². The number of nitrogens with two attached hydrogens (primary N) is 1. The van der Waals surface area contributed by atoms with E-state index in [9.17, 15) is 0 Å². The molecule has 3 rings (SSSR count). The lowest BCUT2D eigenvalue weighted by atomic mass is 10.1. The second-order valence-electron chi connectivity index (χ2n) is 4.71. The molecular formula is C16H16N4. The Morgan fingerprint density at radius 1 is 1.05 bits per heavy atom. The molecule has 0 aliphatic rings. The molecule has 100 valence electrons. The van der Waals surface area contributed by atoms with Crippen LogP contribution in [0.1, 0.15) is 23.0 Å². The minimum atomic E-state index is -0.245. The largest absolute Gasteiger partial charge is 0.319 e. The predicted molar refractivity (Wildman–Crippen MR) is 78.6 cm³/mol. The van der Waals surface area contributed by atoms with Crippen LogP contribution in [0, 0.1) is 6.92 Å². The Balaban J connectivity index is 1.99. The van der Waals surface area contributed by atoms with Gasteiger partial charge >= 0.3 is 0 Å². The Morgan fingerprint density at radius 2 is 1.85 bits per heavy atom. The molecule has 0 aliphatic carbocycles. The fraction of sp³-hybridized carbons (Fsp3) is 0.125. The Kier molecular flexibility index (Phi) is 3.31. The number of hydrogen-bond acceptors (Lipinski definition) is 3. The van der Waals surface area contributed by atoms with Gasteiger partial charge in [-0.3, -0.25) is 4.98 Å². The fourth-order valence-electron chi connectivity index (χ4n) is 2.17. The molecule has 0 fully saturated rings. The molecule has 3 aromatic rings. The average molecular weight is 264 g/mol. The molecule has 0 spiro atoms. The van der Waals surface area contributed by atoms with Crippen LogP contribution in [-0.2, 0) is 0 Å². The Hall–Kier alpha value is -2.46. The summed E-state index contributed by atoms with van der Waals surface area (Å²) < 4.78 is 1.87. The topological polar surface area (TPSA) is 56.7 Å². The van der Waals surface area contributed by atoms with E-state index < -0.39 is 0 Å². The van der Waals surface area contributed by atoms with Crippen molar-refractivity contribution in [2.45, 2.75) is 13.0 Å². The summed E-state index contributed by atoms with van der Waals surface area (Å²) in [5, 5.41) is 4.37. The monoisotopic (exact) mass is 264 g/mol. The Morgan fingerprint density at radius 3 is 2.55 bits per heavy atom. The van der Waals surface area contributed by atoms with E-state index in [2.05, 4.69) is 10.1 Å². The molecule has 1 unspecified atom stereocenters. The molecule has 4 heteroatoms. The fourth-order valence-corrected chi connectivity index (χ4v) is 2.17. The molecule has 4 nitrogen and oxygen atoms in total. The Labute approximate surface area is 117 Å². The summed E-state index contributed by atoms with van der Waals surface area (Å²) in [5.74, 6) is 0. The van der Waals surface area contributed by atoms with Gasteiger partial charge in [0.2, 0.25) is 0 Å². The summed E-state index contributed by atoms with van der Waals surface area (Å²) in [6, 6.07) is 15.7. The molecule has 1 aromatic carbocycles. The molecule has 20 heavy (non-hydrogen) atoms. The highest BCUT2D eigenvalue weighted by atomic mass is 15.3. The molecule has 0 saturated heterocycles. The van der Waals surface area contributed by atoms with Crippen molar-refractivity contribution in [3.8, 4) is 5.69 Å². The molecule has 1 atom stereocenters. The molecule has 0 aliphatic heterocycles. The van der Waals surface area contributed by atoms with Crippen LogP contribution in [0.5, 0.6) is 0 Å². The third-order valence-corrected chi connectivity index (χ3v) is 3.28. The molecule has 2 N–H and O–H groups in total. The maximum Gasteiger partial charge on any atom is 0.0742 e. The molecule has 0 bridgehead atoms. The van der Waals surface area contributed by atoms with Gasteiger partial charge in [-0.1, -0.05) is 24.3 Å². The number of pyridine rings is 1. The first-order valence-electron chi connectivity index (χ1n) is 6.53. The van der Waals surface area contributed by atoms with Crippen molar-refractivity contribution in [2.24, 2.45) is 5.73 Å². The van der Waals surface area contributed by atoms with E-state index >= 15 is 0 Å². The summed E-state index contributed by atoms with van der Waals surface area (Å²) in [4.78, 5) is 4.30. The second kappa shape index (κ2) is 5.27.